The number of rotatable bonds is 17. The van der Waals surface area contributed by atoms with E-state index < -0.39 is 48.8 Å². The number of esters is 2. The van der Waals surface area contributed by atoms with Gasteiger partial charge in [-0.15, -0.1) is 0 Å². The number of nitrogens with one attached hydrogen (secondary N) is 3. The molecule has 1 aliphatic rings. The van der Waals surface area contributed by atoms with Gasteiger partial charge in [0.15, 0.2) is 12.3 Å². The number of imide groups is 1. The van der Waals surface area contributed by atoms with Crippen LogP contribution in [0.15, 0.2) is 24.3 Å². The quantitative estimate of drug-likeness (QED) is 0.0544. The van der Waals surface area contributed by atoms with Crippen LogP contribution in [0.2, 0.25) is 0 Å². The number of unbranched alkanes of at least 4 members (excludes halogenated alkanes) is 8. The molecule has 0 aliphatic carbocycles. The molecule has 12 heteroatoms. The molecular formula is C25H42N4O8. The standard InChI is InChI=1S/C21H36O5.C4H6N4O3/c1-2-3-4-5-6-7-8-9-10-11-12-13-14-15-16-17-20(24)26-21(25)19(23)18-22;5-3(10)6-1-2(9)8-4(11)7-1/h6-7,9-10,19,22-23H,2-5,8,11-18H2,1H3;1H,(H3,5,6,10)(H2,7,8,9,11)/b7-6-,10-9-;. The molecule has 210 valence electrons. The van der Waals surface area contributed by atoms with Crippen LogP contribution in [0.25, 0.3) is 0 Å². The van der Waals surface area contributed by atoms with E-state index in [1.54, 1.807) is 0 Å². The molecule has 1 fully saturated rings. The van der Waals surface area contributed by atoms with Crippen molar-refractivity contribution in [2.75, 3.05) is 6.61 Å². The van der Waals surface area contributed by atoms with Gasteiger partial charge in [-0.3, -0.25) is 14.9 Å². The van der Waals surface area contributed by atoms with Gasteiger partial charge in [-0.1, -0.05) is 63.3 Å². The van der Waals surface area contributed by atoms with Gasteiger partial charge < -0.3 is 31.3 Å². The Morgan fingerprint density at radius 3 is 2.14 bits per heavy atom. The Kier molecular flexibility index (Phi) is 20.1. The number of aliphatic hydroxyl groups is 2. The fraction of sp³-hybridized carbons (Fsp3) is 0.640. The van der Waals surface area contributed by atoms with Gasteiger partial charge in [-0.05, 0) is 38.5 Å². The van der Waals surface area contributed by atoms with Crippen molar-refractivity contribution in [3.63, 3.8) is 0 Å². The first kappa shape index (κ1) is 33.8. The number of nitrogens with two attached hydrogens (primary N) is 1. The second kappa shape index (κ2) is 22.0. The fourth-order valence-electron chi connectivity index (χ4n) is 3.05. The number of hydrogen-bond donors (Lipinski definition) is 6. The summed E-state index contributed by atoms with van der Waals surface area (Å²) in [5.74, 6) is -2.35. The molecule has 2 atom stereocenters. The minimum atomic E-state index is -1.64. The van der Waals surface area contributed by atoms with Gasteiger partial charge in [0, 0.05) is 6.42 Å². The zero-order valence-electron chi connectivity index (χ0n) is 21.6. The van der Waals surface area contributed by atoms with Gasteiger partial charge in [0.25, 0.3) is 5.91 Å². The summed E-state index contributed by atoms with van der Waals surface area (Å²) in [7, 11) is 0. The van der Waals surface area contributed by atoms with Crippen LogP contribution >= 0.6 is 0 Å². The van der Waals surface area contributed by atoms with E-state index in [1.165, 1.54) is 25.7 Å². The molecule has 0 bridgehead atoms. The van der Waals surface area contributed by atoms with Crippen molar-refractivity contribution in [2.45, 2.75) is 96.2 Å². The molecule has 2 unspecified atom stereocenters. The number of urea groups is 2. The average Bonchev–Trinajstić information content (AvgIpc) is 3.16. The summed E-state index contributed by atoms with van der Waals surface area (Å²) < 4.78 is 4.42. The van der Waals surface area contributed by atoms with Gasteiger partial charge in [-0.25, -0.2) is 14.4 Å². The van der Waals surface area contributed by atoms with Crippen LogP contribution in [0.1, 0.15) is 84.0 Å². The highest BCUT2D eigenvalue weighted by molar-refractivity contribution is 6.05. The van der Waals surface area contributed by atoms with Crippen LogP contribution in [0.4, 0.5) is 9.59 Å². The summed E-state index contributed by atoms with van der Waals surface area (Å²) in [5.41, 5.74) is 4.70. The lowest BCUT2D eigenvalue weighted by Crippen LogP contribution is -2.48. The third-order valence-corrected chi connectivity index (χ3v) is 5.05. The van der Waals surface area contributed by atoms with Crippen LogP contribution in [-0.4, -0.2) is 59.0 Å². The van der Waals surface area contributed by atoms with Crippen LogP contribution in [0.5, 0.6) is 0 Å². The van der Waals surface area contributed by atoms with Crippen LogP contribution in [0, 0.1) is 0 Å². The minimum absolute atomic E-state index is 0.161. The molecule has 0 spiro atoms. The molecule has 0 aromatic rings. The van der Waals surface area contributed by atoms with Crippen molar-refractivity contribution in [1.29, 1.82) is 0 Å². The molecule has 37 heavy (non-hydrogen) atoms. The molecule has 1 rings (SSSR count). The molecule has 0 aromatic carbocycles. The number of carbonyl (C=O) groups is 5. The number of ether oxygens (including phenoxy) is 1. The Balaban J connectivity index is 0.000000970. The number of carbonyl (C=O) groups excluding carboxylic acids is 5. The third kappa shape index (κ3) is 19.6. The first-order chi connectivity index (χ1) is 17.7. The summed E-state index contributed by atoms with van der Waals surface area (Å²) in [5, 5.41) is 23.6. The van der Waals surface area contributed by atoms with Crippen LogP contribution in [-0.2, 0) is 19.1 Å². The van der Waals surface area contributed by atoms with E-state index >= 15 is 0 Å². The van der Waals surface area contributed by atoms with Gasteiger partial charge >= 0.3 is 24.0 Å². The molecule has 1 aliphatic heterocycles. The maximum atomic E-state index is 11.4. The summed E-state index contributed by atoms with van der Waals surface area (Å²) in [6, 6.07) is -1.51. The largest absolute Gasteiger partial charge is 0.393 e. The topological polar surface area (TPSA) is 197 Å². The van der Waals surface area contributed by atoms with Gasteiger partial charge in [0.2, 0.25) is 0 Å². The van der Waals surface area contributed by atoms with Gasteiger partial charge in [0.05, 0.1) is 6.61 Å². The Labute approximate surface area is 218 Å². The molecule has 0 radical (unpaired) electrons. The predicted octanol–water partition coefficient (Wildman–Crippen LogP) is 2.04. The molecule has 0 aromatic heterocycles. The maximum Gasteiger partial charge on any atom is 0.345 e. The zero-order chi connectivity index (χ0) is 27.9. The molecule has 12 nitrogen and oxygen atoms in total. The van der Waals surface area contributed by atoms with E-state index in [-0.39, 0.29) is 6.42 Å². The number of aliphatic hydroxyl groups excluding tert-OH is 2. The molecule has 1 saturated heterocycles. The second-order valence-corrected chi connectivity index (χ2v) is 8.38. The molecule has 0 saturated carbocycles. The Bertz CT molecular complexity index is 770. The first-order valence-electron chi connectivity index (χ1n) is 12.7. The molecule has 1 heterocycles. The highest BCUT2D eigenvalue weighted by atomic mass is 16.6. The van der Waals surface area contributed by atoms with E-state index in [2.05, 4.69) is 41.3 Å². The Morgan fingerprint density at radius 2 is 1.59 bits per heavy atom. The van der Waals surface area contributed by atoms with E-state index in [0.29, 0.717) is 6.42 Å². The number of allylic oxidation sites excluding steroid dienone is 4. The predicted molar refractivity (Wildman–Crippen MR) is 137 cm³/mol. The van der Waals surface area contributed by atoms with E-state index in [0.717, 1.165) is 38.5 Å². The number of primary amides is 1. The van der Waals surface area contributed by atoms with E-state index in [1.807, 2.05) is 10.6 Å². The van der Waals surface area contributed by atoms with Crippen molar-refractivity contribution in [1.82, 2.24) is 16.0 Å². The summed E-state index contributed by atoms with van der Waals surface area (Å²) in [6.45, 7) is 1.48. The van der Waals surface area contributed by atoms with E-state index in [4.69, 9.17) is 15.9 Å². The Morgan fingerprint density at radius 1 is 1.00 bits per heavy atom. The lowest BCUT2D eigenvalue weighted by Gasteiger charge is -2.06. The first-order valence-corrected chi connectivity index (χ1v) is 12.7. The number of hydrogen-bond acceptors (Lipinski definition) is 8. The van der Waals surface area contributed by atoms with E-state index in [9.17, 15) is 24.0 Å². The van der Waals surface area contributed by atoms with Crippen LogP contribution < -0.4 is 21.7 Å². The second-order valence-electron chi connectivity index (χ2n) is 8.38. The zero-order valence-corrected chi connectivity index (χ0v) is 21.6. The smallest absolute Gasteiger partial charge is 0.345 e. The minimum Gasteiger partial charge on any atom is -0.393 e. The van der Waals surface area contributed by atoms with Crippen molar-refractivity contribution >= 4 is 29.9 Å². The normalized spacial score (nSPS) is 15.6. The van der Waals surface area contributed by atoms with Gasteiger partial charge in [0.1, 0.15) is 0 Å². The number of amides is 5. The SMILES string of the molecule is CCCCC/C=C\C/C=C\CCCCCCCC(=O)OC(=O)C(O)CO.NC(=O)NC1NC(=O)NC1=O. The highest BCUT2D eigenvalue weighted by Crippen LogP contribution is 2.09. The summed E-state index contributed by atoms with van der Waals surface area (Å²) in [6.07, 6.45) is 18.5. The fourth-order valence-corrected chi connectivity index (χ4v) is 3.05. The average molecular weight is 527 g/mol. The van der Waals surface area contributed by atoms with Crippen molar-refractivity contribution < 1.29 is 38.9 Å². The summed E-state index contributed by atoms with van der Waals surface area (Å²) in [4.78, 5) is 53.7. The molecule has 5 amide bonds. The van der Waals surface area contributed by atoms with Crippen molar-refractivity contribution in [2.24, 2.45) is 5.73 Å². The maximum absolute atomic E-state index is 11.4. The van der Waals surface area contributed by atoms with Gasteiger partial charge in [-0.2, -0.15) is 0 Å². The lowest BCUT2D eigenvalue weighted by molar-refractivity contribution is -0.167. The molecule has 7 N–H and O–H groups in total. The lowest BCUT2D eigenvalue weighted by atomic mass is 10.1. The highest BCUT2D eigenvalue weighted by Gasteiger charge is 2.29. The third-order valence-electron chi connectivity index (χ3n) is 5.05. The Hall–Kier alpha value is -3.25. The summed E-state index contributed by atoms with van der Waals surface area (Å²) >= 11 is 0. The molecular weight excluding hydrogens is 484 g/mol. The van der Waals surface area contributed by atoms with Crippen LogP contribution in [0.3, 0.4) is 0 Å². The van der Waals surface area contributed by atoms with Crippen molar-refractivity contribution in [3.05, 3.63) is 24.3 Å². The monoisotopic (exact) mass is 526 g/mol. The van der Waals surface area contributed by atoms with Crippen molar-refractivity contribution in [3.8, 4) is 0 Å².